The maximum Gasteiger partial charge on any atom is 0.213 e. The highest BCUT2D eigenvalue weighted by Gasteiger charge is 2.16. The van der Waals surface area contributed by atoms with Crippen LogP contribution < -0.4 is 4.57 Å². The zero-order valence-electron chi connectivity index (χ0n) is 14.0. The highest BCUT2D eigenvalue weighted by molar-refractivity contribution is 5.81. The van der Waals surface area contributed by atoms with Gasteiger partial charge in [-0.3, -0.25) is 0 Å². The average molecular weight is 290 g/mol. The van der Waals surface area contributed by atoms with E-state index < -0.39 is 0 Å². The standard InChI is InChI=1S/C21H24N/c1-5-7-17-8-6-9-20-18(17)12-13-21(22(20)4)19-14-15(2)10-11-16(19)3/h6,8-14H,5,7H2,1-4H3/q+1. The van der Waals surface area contributed by atoms with Gasteiger partial charge in [-0.25, -0.2) is 0 Å². The van der Waals surface area contributed by atoms with E-state index in [1.807, 2.05) is 0 Å². The van der Waals surface area contributed by atoms with Crippen molar-refractivity contribution in [2.45, 2.75) is 33.6 Å². The lowest BCUT2D eigenvalue weighted by atomic mass is 9.99. The number of benzene rings is 2. The molecule has 0 fully saturated rings. The second-order valence-corrected chi connectivity index (χ2v) is 6.20. The van der Waals surface area contributed by atoms with E-state index in [1.165, 1.54) is 45.3 Å². The van der Waals surface area contributed by atoms with E-state index >= 15 is 0 Å². The SMILES string of the molecule is CCCc1cccc2c1ccc(-c1cc(C)ccc1C)[n+]2C. The summed E-state index contributed by atoms with van der Waals surface area (Å²) in [5.41, 5.74) is 7.99. The summed E-state index contributed by atoms with van der Waals surface area (Å²) in [6.45, 7) is 6.58. The molecule has 22 heavy (non-hydrogen) atoms. The van der Waals surface area contributed by atoms with Gasteiger partial charge in [-0.2, -0.15) is 4.57 Å². The number of aromatic nitrogens is 1. The third kappa shape index (κ3) is 2.52. The van der Waals surface area contributed by atoms with Gasteiger partial charge in [0.1, 0.15) is 7.05 Å². The van der Waals surface area contributed by atoms with Gasteiger partial charge in [-0.05, 0) is 43.5 Å². The third-order valence-electron chi connectivity index (χ3n) is 4.49. The molecule has 112 valence electrons. The summed E-state index contributed by atoms with van der Waals surface area (Å²) in [6, 6.07) is 17.9. The average Bonchev–Trinajstić information content (AvgIpc) is 2.51. The van der Waals surface area contributed by atoms with Crippen LogP contribution in [-0.4, -0.2) is 0 Å². The van der Waals surface area contributed by atoms with Crippen molar-refractivity contribution in [3.8, 4) is 11.3 Å². The highest BCUT2D eigenvalue weighted by Crippen LogP contribution is 2.25. The molecule has 1 heterocycles. The van der Waals surface area contributed by atoms with E-state index in [4.69, 9.17) is 0 Å². The Kier molecular flexibility index (Phi) is 3.98. The van der Waals surface area contributed by atoms with E-state index in [0.29, 0.717) is 0 Å². The summed E-state index contributed by atoms with van der Waals surface area (Å²) < 4.78 is 2.33. The number of hydrogen-bond acceptors (Lipinski definition) is 0. The van der Waals surface area contributed by atoms with Gasteiger partial charge in [-0.15, -0.1) is 0 Å². The van der Waals surface area contributed by atoms with E-state index in [9.17, 15) is 0 Å². The third-order valence-corrected chi connectivity index (χ3v) is 4.49. The van der Waals surface area contributed by atoms with Crippen molar-refractivity contribution < 1.29 is 4.57 Å². The number of rotatable bonds is 3. The van der Waals surface area contributed by atoms with Crippen LogP contribution in [0, 0.1) is 13.8 Å². The Morgan fingerprint density at radius 1 is 0.955 bits per heavy atom. The quantitative estimate of drug-likeness (QED) is 0.604. The van der Waals surface area contributed by atoms with Crippen LogP contribution in [0.4, 0.5) is 0 Å². The van der Waals surface area contributed by atoms with Crippen LogP contribution in [0.1, 0.15) is 30.0 Å². The van der Waals surface area contributed by atoms with Crippen LogP contribution in [-0.2, 0) is 13.5 Å². The molecule has 0 saturated heterocycles. The van der Waals surface area contributed by atoms with Gasteiger partial charge in [0.05, 0.1) is 0 Å². The Morgan fingerprint density at radius 2 is 1.77 bits per heavy atom. The molecule has 1 aromatic heterocycles. The van der Waals surface area contributed by atoms with Crippen LogP contribution in [0.15, 0.2) is 48.5 Å². The molecule has 0 unspecified atom stereocenters. The van der Waals surface area contributed by atoms with Crippen LogP contribution in [0.25, 0.3) is 22.2 Å². The molecule has 0 atom stereocenters. The molecule has 3 aromatic rings. The molecule has 2 aromatic carbocycles. The number of pyridine rings is 1. The highest BCUT2D eigenvalue weighted by atomic mass is 14.9. The minimum Gasteiger partial charge on any atom is -0.194 e. The monoisotopic (exact) mass is 290 g/mol. The molecule has 0 aliphatic heterocycles. The predicted octanol–water partition coefficient (Wildman–Crippen LogP) is 4.90. The van der Waals surface area contributed by atoms with Gasteiger partial charge in [0.25, 0.3) is 0 Å². The van der Waals surface area contributed by atoms with Crippen molar-refractivity contribution in [2.75, 3.05) is 0 Å². The fourth-order valence-corrected chi connectivity index (χ4v) is 3.26. The predicted molar refractivity (Wildman–Crippen MR) is 94.0 cm³/mol. The molecule has 0 amide bonds. The van der Waals surface area contributed by atoms with E-state index in [2.05, 4.69) is 80.9 Å². The summed E-state index contributed by atoms with van der Waals surface area (Å²) in [5, 5.41) is 1.38. The van der Waals surface area contributed by atoms with Crippen molar-refractivity contribution in [2.24, 2.45) is 7.05 Å². The molecular weight excluding hydrogens is 266 g/mol. The van der Waals surface area contributed by atoms with Crippen molar-refractivity contribution in [1.82, 2.24) is 0 Å². The first-order chi connectivity index (χ1) is 10.6. The molecule has 0 radical (unpaired) electrons. The minimum atomic E-state index is 1.14. The molecule has 0 saturated carbocycles. The number of fused-ring (bicyclic) bond motifs is 1. The Morgan fingerprint density at radius 3 is 2.55 bits per heavy atom. The normalized spacial score (nSPS) is 11.1. The first kappa shape index (κ1) is 14.8. The summed E-state index contributed by atoms with van der Waals surface area (Å²) >= 11 is 0. The van der Waals surface area contributed by atoms with Crippen LogP contribution in [0.2, 0.25) is 0 Å². The topological polar surface area (TPSA) is 3.88 Å². The van der Waals surface area contributed by atoms with E-state index in [-0.39, 0.29) is 0 Å². The lowest BCUT2D eigenvalue weighted by Crippen LogP contribution is -2.32. The van der Waals surface area contributed by atoms with Crippen LogP contribution in [0.3, 0.4) is 0 Å². The van der Waals surface area contributed by atoms with Gasteiger partial charge < -0.3 is 0 Å². The van der Waals surface area contributed by atoms with Gasteiger partial charge in [0.2, 0.25) is 11.2 Å². The molecule has 0 bridgehead atoms. The second kappa shape index (κ2) is 5.92. The molecule has 0 aliphatic rings. The number of hydrogen-bond donors (Lipinski definition) is 0. The Balaban J connectivity index is 2.25. The van der Waals surface area contributed by atoms with E-state index in [0.717, 1.165) is 6.42 Å². The zero-order valence-corrected chi connectivity index (χ0v) is 14.0. The molecule has 1 nitrogen and oxygen atoms in total. The number of nitrogens with zero attached hydrogens (tertiary/aromatic N) is 1. The second-order valence-electron chi connectivity index (χ2n) is 6.20. The first-order valence-corrected chi connectivity index (χ1v) is 8.10. The van der Waals surface area contributed by atoms with Crippen LogP contribution >= 0.6 is 0 Å². The zero-order chi connectivity index (χ0) is 15.7. The van der Waals surface area contributed by atoms with Crippen molar-refractivity contribution in [1.29, 1.82) is 0 Å². The minimum absolute atomic E-state index is 1.14. The van der Waals surface area contributed by atoms with E-state index in [1.54, 1.807) is 0 Å². The fraction of sp³-hybridized carbons (Fsp3) is 0.286. The number of aryl methyl sites for hydroxylation is 4. The summed E-state index contributed by atoms with van der Waals surface area (Å²) in [5.74, 6) is 0. The smallest absolute Gasteiger partial charge is 0.194 e. The van der Waals surface area contributed by atoms with Gasteiger partial charge in [0.15, 0.2) is 0 Å². The van der Waals surface area contributed by atoms with Gasteiger partial charge in [-0.1, -0.05) is 43.2 Å². The summed E-state index contributed by atoms with van der Waals surface area (Å²) in [7, 11) is 2.18. The fourth-order valence-electron chi connectivity index (χ4n) is 3.26. The maximum absolute atomic E-state index is 2.33. The van der Waals surface area contributed by atoms with Gasteiger partial charge in [0, 0.05) is 23.1 Å². The summed E-state index contributed by atoms with van der Waals surface area (Å²) in [6.07, 6.45) is 2.32. The first-order valence-electron chi connectivity index (χ1n) is 8.10. The largest absolute Gasteiger partial charge is 0.213 e. The van der Waals surface area contributed by atoms with Crippen molar-refractivity contribution in [3.63, 3.8) is 0 Å². The van der Waals surface area contributed by atoms with Crippen LogP contribution in [0.5, 0.6) is 0 Å². The molecule has 1 heteroatoms. The van der Waals surface area contributed by atoms with Crippen molar-refractivity contribution in [3.05, 3.63) is 65.2 Å². The Hall–Kier alpha value is -2.15. The lowest BCUT2D eigenvalue weighted by molar-refractivity contribution is -0.633. The van der Waals surface area contributed by atoms with Crippen molar-refractivity contribution >= 4 is 10.9 Å². The van der Waals surface area contributed by atoms with Gasteiger partial charge >= 0.3 is 0 Å². The molecular formula is C21H24N+. The molecule has 0 aliphatic carbocycles. The molecule has 0 N–H and O–H groups in total. The molecule has 0 spiro atoms. The molecule has 3 rings (SSSR count). The Bertz CT molecular complexity index is 831. The Labute approximate surface area is 133 Å². The summed E-state index contributed by atoms with van der Waals surface area (Å²) in [4.78, 5) is 0. The lowest BCUT2D eigenvalue weighted by Gasteiger charge is -2.09. The maximum atomic E-state index is 2.33.